The number of benzene rings is 2. The molecule has 172 valence electrons. The largest absolute Gasteiger partial charge is 0.503 e. The zero-order chi connectivity index (χ0) is 24.1. The highest BCUT2D eigenvalue weighted by atomic mass is 32.1. The van der Waals surface area contributed by atoms with Gasteiger partial charge in [0.05, 0.1) is 34.5 Å². The van der Waals surface area contributed by atoms with Crippen LogP contribution in [0, 0.1) is 19.7 Å². The van der Waals surface area contributed by atoms with Crippen LogP contribution in [0.2, 0.25) is 0 Å². The Labute approximate surface area is 197 Å². The highest BCUT2D eigenvalue weighted by molar-refractivity contribution is 7.22. The molecule has 2 aromatic carbocycles. The fourth-order valence-corrected chi connectivity index (χ4v) is 5.14. The number of aromatic nitrogens is 1. The number of rotatable bonds is 5. The molecule has 1 N–H and O–H groups in total. The molecule has 2 aromatic heterocycles. The molecule has 0 fully saturated rings. The maximum Gasteiger partial charge on any atom is 0.296 e. The second-order valence-corrected chi connectivity index (χ2v) is 8.89. The van der Waals surface area contributed by atoms with E-state index in [0.717, 1.165) is 11.3 Å². The molecule has 0 bridgehead atoms. The van der Waals surface area contributed by atoms with Crippen molar-refractivity contribution in [1.29, 1.82) is 0 Å². The standard InChI is InChI=1S/C25H19FN2O5S/c1-12-10-17(13(2)33-12)22(29)20-21(14-4-7-16(32-3)8-5-14)28(24(31)23(20)30)25-27-18-9-6-15(26)11-19(18)34-25/h4-11,21,30H,1-3H3. The first-order chi connectivity index (χ1) is 16.3. The van der Waals surface area contributed by atoms with Crippen molar-refractivity contribution in [1.82, 2.24) is 4.98 Å². The molecule has 1 unspecified atom stereocenters. The molecule has 1 aliphatic heterocycles. The third-order valence-electron chi connectivity index (χ3n) is 5.72. The monoisotopic (exact) mass is 478 g/mol. The Morgan fingerprint density at radius 3 is 2.56 bits per heavy atom. The zero-order valence-electron chi connectivity index (χ0n) is 18.5. The Balaban J connectivity index is 1.68. The van der Waals surface area contributed by atoms with Crippen molar-refractivity contribution in [2.24, 2.45) is 0 Å². The topological polar surface area (TPSA) is 92.9 Å². The number of thiazole rings is 1. The highest BCUT2D eigenvalue weighted by Gasteiger charge is 2.46. The number of halogens is 1. The number of methoxy groups -OCH3 is 1. The minimum atomic E-state index is -0.953. The molecule has 0 spiro atoms. The van der Waals surface area contributed by atoms with E-state index >= 15 is 0 Å². The van der Waals surface area contributed by atoms with E-state index in [1.807, 2.05) is 0 Å². The fraction of sp³-hybridized carbons (Fsp3) is 0.160. The van der Waals surface area contributed by atoms with Crippen molar-refractivity contribution < 1.29 is 28.2 Å². The maximum atomic E-state index is 13.8. The summed E-state index contributed by atoms with van der Waals surface area (Å²) >= 11 is 1.10. The number of amides is 1. The van der Waals surface area contributed by atoms with Crippen molar-refractivity contribution >= 4 is 38.4 Å². The predicted octanol–water partition coefficient (Wildman–Crippen LogP) is 5.44. The van der Waals surface area contributed by atoms with Crippen LogP contribution in [0.5, 0.6) is 5.75 Å². The number of ether oxygens (including phenoxy) is 1. The van der Waals surface area contributed by atoms with E-state index in [0.29, 0.717) is 33.1 Å². The van der Waals surface area contributed by atoms with Crippen LogP contribution in [0.4, 0.5) is 9.52 Å². The molecule has 0 radical (unpaired) electrons. The Morgan fingerprint density at radius 2 is 1.91 bits per heavy atom. The first kappa shape index (κ1) is 21.8. The van der Waals surface area contributed by atoms with Gasteiger partial charge in [0.2, 0.25) is 0 Å². The molecular formula is C25H19FN2O5S. The summed E-state index contributed by atoms with van der Waals surface area (Å²) in [5, 5.41) is 11.1. The fourth-order valence-electron chi connectivity index (χ4n) is 4.13. The number of ketones is 1. The van der Waals surface area contributed by atoms with Crippen molar-refractivity contribution in [3.05, 3.63) is 88.3 Å². The van der Waals surface area contributed by atoms with Gasteiger partial charge in [0, 0.05) is 0 Å². The Kier molecular flexibility index (Phi) is 5.21. The summed E-state index contributed by atoms with van der Waals surface area (Å²) in [7, 11) is 1.53. The molecular weight excluding hydrogens is 459 g/mol. The molecule has 1 aliphatic rings. The number of fused-ring (bicyclic) bond motifs is 1. The van der Waals surface area contributed by atoms with Gasteiger partial charge in [0.15, 0.2) is 16.7 Å². The lowest BCUT2D eigenvalue weighted by atomic mass is 9.93. The minimum absolute atomic E-state index is 0.0792. The lowest BCUT2D eigenvalue weighted by Crippen LogP contribution is -2.31. The molecule has 0 aliphatic carbocycles. The van der Waals surface area contributed by atoms with Gasteiger partial charge in [-0.15, -0.1) is 0 Å². The number of carbonyl (C=O) groups excluding carboxylic acids is 2. The lowest BCUT2D eigenvalue weighted by Gasteiger charge is -2.24. The third kappa shape index (κ3) is 3.45. The number of nitrogens with zero attached hydrogens (tertiary/aromatic N) is 2. The minimum Gasteiger partial charge on any atom is -0.503 e. The lowest BCUT2D eigenvalue weighted by molar-refractivity contribution is -0.117. The number of anilines is 1. The number of aryl methyl sites for hydroxylation is 2. The van der Waals surface area contributed by atoms with E-state index in [4.69, 9.17) is 9.15 Å². The van der Waals surface area contributed by atoms with Crippen LogP contribution in [-0.4, -0.2) is 28.9 Å². The third-order valence-corrected chi connectivity index (χ3v) is 6.73. The van der Waals surface area contributed by atoms with Crippen LogP contribution in [0.15, 0.2) is 64.3 Å². The summed E-state index contributed by atoms with van der Waals surface area (Å²) in [5.74, 6) is -0.844. The zero-order valence-corrected chi connectivity index (χ0v) is 19.3. The van der Waals surface area contributed by atoms with Gasteiger partial charge >= 0.3 is 0 Å². The van der Waals surface area contributed by atoms with Crippen molar-refractivity contribution in [2.45, 2.75) is 19.9 Å². The Hall–Kier alpha value is -3.98. The Bertz CT molecular complexity index is 1480. The van der Waals surface area contributed by atoms with Gasteiger partial charge < -0.3 is 14.3 Å². The highest BCUT2D eigenvalue weighted by Crippen LogP contribution is 2.44. The molecule has 3 heterocycles. The van der Waals surface area contributed by atoms with E-state index in [-0.39, 0.29) is 16.3 Å². The molecule has 7 nitrogen and oxygen atoms in total. The van der Waals surface area contributed by atoms with Crippen LogP contribution >= 0.6 is 11.3 Å². The van der Waals surface area contributed by atoms with Gasteiger partial charge in [0.25, 0.3) is 5.91 Å². The molecule has 4 aromatic rings. The SMILES string of the molecule is COc1ccc(C2C(C(=O)c3cc(C)oc3C)=C(O)C(=O)N2c2nc3ccc(F)cc3s2)cc1. The van der Waals surface area contributed by atoms with Gasteiger partial charge in [-0.25, -0.2) is 9.37 Å². The van der Waals surface area contributed by atoms with E-state index in [1.165, 1.54) is 30.2 Å². The molecule has 9 heteroatoms. The average molecular weight is 479 g/mol. The van der Waals surface area contributed by atoms with Crippen LogP contribution in [0.25, 0.3) is 10.2 Å². The van der Waals surface area contributed by atoms with Crippen LogP contribution in [0.3, 0.4) is 0 Å². The van der Waals surface area contributed by atoms with Crippen LogP contribution in [-0.2, 0) is 4.79 Å². The van der Waals surface area contributed by atoms with E-state index in [1.54, 1.807) is 44.2 Å². The quantitative estimate of drug-likeness (QED) is 0.384. The van der Waals surface area contributed by atoms with E-state index < -0.39 is 29.3 Å². The normalized spacial score (nSPS) is 16.1. The number of aliphatic hydroxyl groups excluding tert-OH is 1. The summed E-state index contributed by atoms with van der Waals surface area (Å²) in [6.07, 6.45) is 0. The predicted molar refractivity (Wildman–Crippen MR) is 125 cm³/mol. The van der Waals surface area contributed by atoms with Crippen LogP contribution < -0.4 is 9.64 Å². The van der Waals surface area contributed by atoms with E-state index in [9.17, 15) is 19.1 Å². The molecule has 1 amide bonds. The number of hydrogen-bond donors (Lipinski definition) is 1. The number of Topliss-reactive ketones (excluding diaryl/α,β-unsaturated/α-hetero) is 1. The van der Waals surface area contributed by atoms with Gasteiger partial charge in [-0.3, -0.25) is 14.5 Å². The molecule has 0 saturated heterocycles. The summed E-state index contributed by atoms with van der Waals surface area (Å²) < 4.78 is 25.0. The first-order valence-corrected chi connectivity index (χ1v) is 11.2. The summed E-state index contributed by atoms with van der Waals surface area (Å²) in [6.45, 7) is 3.36. The first-order valence-electron chi connectivity index (χ1n) is 10.4. The number of aliphatic hydroxyl groups is 1. The van der Waals surface area contributed by atoms with Crippen LogP contribution in [0.1, 0.15) is 33.5 Å². The van der Waals surface area contributed by atoms with Crippen molar-refractivity contribution in [3.63, 3.8) is 0 Å². The molecule has 1 atom stereocenters. The molecule has 5 rings (SSSR count). The van der Waals surface area contributed by atoms with Crippen molar-refractivity contribution in [2.75, 3.05) is 12.0 Å². The summed E-state index contributed by atoms with van der Waals surface area (Å²) in [4.78, 5) is 32.6. The molecule has 34 heavy (non-hydrogen) atoms. The summed E-state index contributed by atoms with van der Waals surface area (Å²) in [6, 6.07) is 11.6. The van der Waals surface area contributed by atoms with Crippen molar-refractivity contribution in [3.8, 4) is 5.75 Å². The van der Waals surface area contributed by atoms with Gasteiger partial charge in [-0.2, -0.15) is 0 Å². The van der Waals surface area contributed by atoms with Gasteiger partial charge in [-0.1, -0.05) is 23.5 Å². The maximum absolute atomic E-state index is 13.8. The molecule has 0 saturated carbocycles. The number of carbonyl (C=O) groups is 2. The number of hydrogen-bond acceptors (Lipinski definition) is 7. The second kappa shape index (κ2) is 8.11. The number of furan rings is 1. The summed E-state index contributed by atoms with van der Waals surface area (Å²) in [5.41, 5.74) is 1.26. The smallest absolute Gasteiger partial charge is 0.296 e. The average Bonchev–Trinajstić information content (AvgIpc) is 3.46. The van der Waals surface area contributed by atoms with E-state index in [2.05, 4.69) is 4.98 Å². The van der Waals surface area contributed by atoms with Gasteiger partial charge in [0.1, 0.15) is 23.1 Å². The second-order valence-electron chi connectivity index (χ2n) is 7.88. The Morgan fingerprint density at radius 1 is 1.18 bits per heavy atom. The van der Waals surface area contributed by atoms with Gasteiger partial charge in [-0.05, 0) is 55.8 Å².